The Bertz CT molecular complexity index is 525. The summed E-state index contributed by atoms with van der Waals surface area (Å²) >= 11 is 7.63. The quantitative estimate of drug-likeness (QED) is 0.763. The number of carbonyl (C=O) groups is 1. The van der Waals surface area contributed by atoms with Crippen LogP contribution in [0, 0.1) is 0 Å². The van der Waals surface area contributed by atoms with Gasteiger partial charge in [0.2, 0.25) is 0 Å². The third kappa shape index (κ3) is 2.92. The van der Waals surface area contributed by atoms with Gasteiger partial charge in [-0.2, -0.15) is 0 Å². The standard InChI is InChI=1S/C14H14ClNOS/c1-2-16(9-13-4-3-7-18-13)14-6-5-12(15)8-11(14)10-17/h3-8,10H,2,9H2,1H3. The Morgan fingerprint density at radius 3 is 2.83 bits per heavy atom. The lowest BCUT2D eigenvalue weighted by atomic mass is 10.1. The van der Waals surface area contributed by atoms with Crippen molar-refractivity contribution in [2.24, 2.45) is 0 Å². The summed E-state index contributed by atoms with van der Waals surface area (Å²) in [6, 6.07) is 9.57. The van der Waals surface area contributed by atoms with Gasteiger partial charge in [0.05, 0.1) is 6.54 Å². The van der Waals surface area contributed by atoms with Crippen molar-refractivity contribution < 1.29 is 4.79 Å². The maximum atomic E-state index is 11.1. The molecule has 0 bridgehead atoms. The van der Waals surface area contributed by atoms with E-state index < -0.39 is 0 Å². The maximum Gasteiger partial charge on any atom is 0.152 e. The lowest BCUT2D eigenvalue weighted by Crippen LogP contribution is -2.22. The van der Waals surface area contributed by atoms with Crippen LogP contribution in [-0.4, -0.2) is 12.8 Å². The second-order valence-corrected chi connectivity index (χ2v) is 5.38. The van der Waals surface area contributed by atoms with E-state index in [2.05, 4.69) is 23.3 Å². The van der Waals surface area contributed by atoms with Crippen LogP contribution in [0.3, 0.4) is 0 Å². The third-order valence-electron chi connectivity index (χ3n) is 2.77. The Morgan fingerprint density at radius 1 is 1.39 bits per heavy atom. The minimum atomic E-state index is 0.591. The fraction of sp³-hybridized carbons (Fsp3) is 0.214. The number of thiophene rings is 1. The zero-order valence-electron chi connectivity index (χ0n) is 10.1. The highest BCUT2D eigenvalue weighted by Gasteiger charge is 2.11. The zero-order valence-corrected chi connectivity index (χ0v) is 11.7. The van der Waals surface area contributed by atoms with E-state index in [0.29, 0.717) is 10.6 Å². The summed E-state index contributed by atoms with van der Waals surface area (Å²) in [6.45, 7) is 3.74. The molecule has 0 unspecified atom stereocenters. The normalized spacial score (nSPS) is 10.3. The van der Waals surface area contributed by atoms with Crippen molar-refractivity contribution in [2.45, 2.75) is 13.5 Å². The molecule has 0 N–H and O–H groups in total. The monoisotopic (exact) mass is 279 g/mol. The highest BCUT2D eigenvalue weighted by atomic mass is 35.5. The van der Waals surface area contributed by atoms with Crippen LogP contribution < -0.4 is 4.90 Å². The molecule has 94 valence electrons. The van der Waals surface area contributed by atoms with Crippen LogP contribution in [0.15, 0.2) is 35.7 Å². The van der Waals surface area contributed by atoms with Crippen molar-refractivity contribution in [3.8, 4) is 0 Å². The van der Waals surface area contributed by atoms with Gasteiger partial charge in [0.25, 0.3) is 0 Å². The van der Waals surface area contributed by atoms with E-state index in [0.717, 1.165) is 25.1 Å². The summed E-state index contributed by atoms with van der Waals surface area (Å²) in [5.41, 5.74) is 1.58. The SMILES string of the molecule is CCN(Cc1cccs1)c1ccc(Cl)cc1C=O. The van der Waals surface area contributed by atoms with Gasteiger partial charge in [-0.3, -0.25) is 4.79 Å². The number of anilines is 1. The Kier molecular flexibility index (Phi) is 4.39. The Labute approximate surface area is 116 Å². The first-order chi connectivity index (χ1) is 8.74. The van der Waals surface area contributed by atoms with Gasteiger partial charge >= 0.3 is 0 Å². The predicted octanol–water partition coefficient (Wildman–Crippen LogP) is 4.24. The lowest BCUT2D eigenvalue weighted by Gasteiger charge is -2.24. The van der Waals surface area contributed by atoms with Gasteiger partial charge in [0, 0.05) is 27.7 Å². The van der Waals surface area contributed by atoms with Crippen molar-refractivity contribution in [3.63, 3.8) is 0 Å². The Hall–Kier alpha value is -1.32. The number of hydrogen-bond acceptors (Lipinski definition) is 3. The van der Waals surface area contributed by atoms with E-state index in [4.69, 9.17) is 11.6 Å². The van der Waals surface area contributed by atoms with Crippen LogP contribution in [0.4, 0.5) is 5.69 Å². The first kappa shape index (κ1) is 13.1. The Morgan fingerprint density at radius 2 is 2.22 bits per heavy atom. The molecule has 0 spiro atoms. The molecule has 0 aliphatic rings. The molecular weight excluding hydrogens is 266 g/mol. The number of nitrogens with zero attached hydrogens (tertiary/aromatic N) is 1. The summed E-state index contributed by atoms with van der Waals surface area (Å²) < 4.78 is 0. The van der Waals surface area contributed by atoms with Gasteiger partial charge in [-0.1, -0.05) is 17.7 Å². The molecule has 0 amide bonds. The minimum Gasteiger partial charge on any atom is -0.366 e. The molecule has 0 saturated heterocycles. The molecule has 0 atom stereocenters. The van der Waals surface area contributed by atoms with E-state index in [9.17, 15) is 4.79 Å². The average molecular weight is 280 g/mol. The molecular formula is C14H14ClNOS. The third-order valence-corrected chi connectivity index (χ3v) is 3.86. The summed E-state index contributed by atoms with van der Waals surface area (Å²) in [5, 5.41) is 2.65. The van der Waals surface area contributed by atoms with E-state index in [-0.39, 0.29) is 0 Å². The number of carbonyl (C=O) groups excluding carboxylic acids is 1. The average Bonchev–Trinajstić information content (AvgIpc) is 2.89. The van der Waals surface area contributed by atoms with Crippen LogP contribution in [0.25, 0.3) is 0 Å². The van der Waals surface area contributed by atoms with E-state index in [1.165, 1.54) is 4.88 Å². The summed E-state index contributed by atoms with van der Waals surface area (Å²) in [6.07, 6.45) is 0.859. The van der Waals surface area contributed by atoms with Crippen molar-refractivity contribution in [2.75, 3.05) is 11.4 Å². The second kappa shape index (κ2) is 6.03. The molecule has 0 aliphatic heterocycles. The smallest absolute Gasteiger partial charge is 0.152 e. The molecule has 1 aromatic carbocycles. The molecule has 0 aliphatic carbocycles. The molecule has 1 aromatic heterocycles. The number of hydrogen-bond donors (Lipinski definition) is 0. The highest BCUT2D eigenvalue weighted by molar-refractivity contribution is 7.09. The van der Waals surface area contributed by atoms with Crippen LogP contribution in [0.1, 0.15) is 22.2 Å². The largest absolute Gasteiger partial charge is 0.366 e. The van der Waals surface area contributed by atoms with Crippen molar-refractivity contribution in [1.29, 1.82) is 0 Å². The van der Waals surface area contributed by atoms with Crippen molar-refractivity contribution in [1.82, 2.24) is 0 Å². The van der Waals surface area contributed by atoms with Gasteiger partial charge in [-0.25, -0.2) is 0 Å². The highest BCUT2D eigenvalue weighted by Crippen LogP contribution is 2.25. The number of benzene rings is 1. The van der Waals surface area contributed by atoms with Crippen LogP contribution >= 0.6 is 22.9 Å². The lowest BCUT2D eigenvalue weighted by molar-refractivity contribution is 0.112. The fourth-order valence-electron chi connectivity index (χ4n) is 1.87. The second-order valence-electron chi connectivity index (χ2n) is 3.91. The molecule has 0 saturated carbocycles. The van der Waals surface area contributed by atoms with Gasteiger partial charge in [-0.15, -0.1) is 11.3 Å². The number of halogens is 1. The molecule has 2 aromatic rings. The van der Waals surface area contributed by atoms with Crippen molar-refractivity contribution in [3.05, 3.63) is 51.2 Å². The molecule has 4 heteroatoms. The van der Waals surface area contributed by atoms with Gasteiger partial charge < -0.3 is 4.90 Å². The van der Waals surface area contributed by atoms with Crippen LogP contribution in [0.2, 0.25) is 5.02 Å². The summed E-state index contributed by atoms with van der Waals surface area (Å²) in [4.78, 5) is 14.6. The minimum absolute atomic E-state index is 0.591. The molecule has 18 heavy (non-hydrogen) atoms. The van der Waals surface area contributed by atoms with E-state index in [1.807, 2.05) is 18.2 Å². The summed E-state index contributed by atoms with van der Waals surface area (Å²) in [5.74, 6) is 0. The van der Waals surface area contributed by atoms with Gasteiger partial charge in [-0.05, 0) is 36.6 Å². The predicted molar refractivity (Wildman–Crippen MR) is 77.9 cm³/mol. The van der Waals surface area contributed by atoms with Crippen LogP contribution in [0.5, 0.6) is 0 Å². The zero-order chi connectivity index (χ0) is 13.0. The van der Waals surface area contributed by atoms with Gasteiger partial charge in [0.1, 0.15) is 0 Å². The first-order valence-electron chi connectivity index (χ1n) is 5.76. The number of rotatable bonds is 5. The van der Waals surface area contributed by atoms with E-state index in [1.54, 1.807) is 17.4 Å². The van der Waals surface area contributed by atoms with Crippen molar-refractivity contribution >= 4 is 34.9 Å². The van der Waals surface area contributed by atoms with Gasteiger partial charge in [0.15, 0.2) is 6.29 Å². The molecule has 2 nitrogen and oxygen atoms in total. The molecule has 0 radical (unpaired) electrons. The summed E-state index contributed by atoms with van der Waals surface area (Å²) in [7, 11) is 0. The Balaban J connectivity index is 2.29. The number of aldehydes is 1. The first-order valence-corrected chi connectivity index (χ1v) is 7.02. The molecule has 0 fully saturated rings. The molecule has 2 rings (SSSR count). The van der Waals surface area contributed by atoms with Crippen LogP contribution in [-0.2, 0) is 6.54 Å². The molecule has 1 heterocycles. The fourth-order valence-corrected chi connectivity index (χ4v) is 2.77. The van der Waals surface area contributed by atoms with E-state index >= 15 is 0 Å². The topological polar surface area (TPSA) is 20.3 Å². The maximum absolute atomic E-state index is 11.1.